The molecule has 2 rings (SSSR count). The van der Waals surface area contributed by atoms with Gasteiger partial charge in [-0.15, -0.1) is 0 Å². The molecule has 1 heterocycles. The van der Waals surface area contributed by atoms with Crippen molar-refractivity contribution < 1.29 is 19.0 Å². The first-order valence-electron chi connectivity index (χ1n) is 7.14. The molecule has 22 heavy (non-hydrogen) atoms. The maximum atomic E-state index is 12.9. The van der Waals surface area contributed by atoms with Crippen LogP contribution in [-0.2, 0) is 4.74 Å². The number of esters is 1. The van der Waals surface area contributed by atoms with Crippen molar-refractivity contribution in [2.45, 2.75) is 39.9 Å². The standard InChI is InChI=1S/C17H20FNO3/c1-9-15(11(3)20)10(2)19-16(9)17(21)22-12(4)13-5-7-14(18)8-6-13/h5-8,11-12,19-20H,1-4H3/t11-,12+/m1/s1. The summed E-state index contributed by atoms with van der Waals surface area (Å²) in [6.45, 7) is 6.95. The third-order valence-electron chi connectivity index (χ3n) is 3.74. The Morgan fingerprint density at radius 3 is 2.32 bits per heavy atom. The second-order valence-electron chi connectivity index (χ2n) is 5.44. The molecule has 2 N–H and O–H groups in total. The molecule has 0 bridgehead atoms. The maximum Gasteiger partial charge on any atom is 0.355 e. The molecule has 0 amide bonds. The molecule has 2 atom stereocenters. The average Bonchev–Trinajstić information content (AvgIpc) is 2.74. The number of hydrogen-bond acceptors (Lipinski definition) is 3. The minimum absolute atomic E-state index is 0.334. The van der Waals surface area contributed by atoms with Gasteiger partial charge in [0.05, 0.1) is 6.10 Å². The van der Waals surface area contributed by atoms with E-state index in [1.807, 2.05) is 0 Å². The Bertz CT molecular complexity index is 674. The Morgan fingerprint density at radius 1 is 1.23 bits per heavy atom. The molecule has 118 valence electrons. The number of aliphatic hydroxyl groups is 1. The van der Waals surface area contributed by atoms with Gasteiger partial charge in [-0.2, -0.15) is 0 Å². The molecule has 1 aromatic heterocycles. The Morgan fingerprint density at radius 2 is 1.82 bits per heavy atom. The number of carbonyl (C=O) groups excluding carboxylic acids is 1. The van der Waals surface area contributed by atoms with Crippen LogP contribution in [-0.4, -0.2) is 16.1 Å². The number of aromatic nitrogens is 1. The number of carbonyl (C=O) groups is 1. The van der Waals surface area contributed by atoms with Crippen LogP contribution in [0, 0.1) is 19.7 Å². The number of benzene rings is 1. The smallest absolute Gasteiger partial charge is 0.355 e. The summed E-state index contributed by atoms with van der Waals surface area (Å²) in [5.74, 6) is -0.830. The maximum absolute atomic E-state index is 12.9. The summed E-state index contributed by atoms with van der Waals surface area (Å²) in [5.41, 5.74) is 3.19. The Kier molecular flexibility index (Phi) is 4.66. The van der Waals surface area contributed by atoms with Gasteiger partial charge in [-0.25, -0.2) is 9.18 Å². The number of aromatic amines is 1. The first kappa shape index (κ1) is 16.2. The fourth-order valence-corrected chi connectivity index (χ4v) is 2.62. The number of hydrogen-bond donors (Lipinski definition) is 2. The predicted molar refractivity (Wildman–Crippen MR) is 81.1 cm³/mol. The fourth-order valence-electron chi connectivity index (χ4n) is 2.62. The molecule has 0 spiro atoms. The van der Waals surface area contributed by atoms with Gasteiger partial charge in [0.2, 0.25) is 0 Å². The summed E-state index contributed by atoms with van der Waals surface area (Å²) in [6.07, 6.45) is -1.15. The summed E-state index contributed by atoms with van der Waals surface area (Å²) in [7, 11) is 0. The number of nitrogens with one attached hydrogen (secondary N) is 1. The van der Waals surface area contributed by atoms with Crippen molar-refractivity contribution in [1.29, 1.82) is 0 Å². The molecule has 4 nitrogen and oxygen atoms in total. The highest BCUT2D eigenvalue weighted by atomic mass is 19.1. The van der Waals surface area contributed by atoms with Crippen LogP contribution in [0.15, 0.2) is 24.3 Å². The van der Waals surface area contributed by atoms with E-state index in [0.29, 0.717) is 22.4 Å². The minimum atomic E-state index is -0.660. The minimum Gasteiger partial charge on any atom is -0.453 e. The van der Waals surface area contributed by atoms with Gasteiger partial charge >= 0.3 is 5.97 Å². The SMILES string of the molecule is Cc1[nH]c(C(=O)O[C@@H](C)c2ccc(F)cc2)c(C)c1[C@@H](C)O. The molecular weight excluding hydrogens is 285 g/mol. The first-order chi connectivity index (χ1) is 10.3. The van der Waals surface area contributed by atoms with Crippen molar-refractivity contribution in [3.05, 3.63) is 58.2 Å². The Balaban J connectivity index is 2.19. The Labute approximate surface area is 128 Å². The van der Waals surface area contributed by atoms with Gasteiger partial charge in [0.25, 0.3) is 0 Å². The fraction of sp³-hybridized carbons (Fsp3) is 0.353. The van der Waals surface area contributed by atoms with Crippen molar-refractivity contribution in [3.8, 4) is 0 Å². The van der Waals surface area contributed by atoms with Gasteiger partial charge in [-0.1, -0.05) is 12.1 Å². The number of aryl methyl sites for hydroxylation is 1. The molecular formula is C17H20FNO3. The lowest BCUT2D eigenvalue weighted by Gasteiger charge is -2.13. The molecule has 0 saturated carbocycles. The predicted octanol–water partition coefficient (Wildman–Crippen LogP) is 3.74. The second kappa shape index (κ2) is 6.32. The van der Waals surface area contributed by atoms with Crippen LogP contribution in [0.2, 0.25) is 0 Å². The van der Waals surface area contributed by atoms with Gasteiger partial charge in [-0.05, 0) is 51.0 Å². The van der Waals surface area contributed by atoms with Crippen molar-refractivity contribution in [2.24, 2.45) is 0 Å². The highest BCUT2D eigenvalue weighted by Gasteiger charge is 2.22. The summed E-state index contributed by atoms with van der Waals surface area (Å²) in [6, 6.07) is 5.83. The lowest BCUT2D eigenvalue weighted by Crippen LogP contribution is -2.11. The molecule has 0 aliphatic carbocycles. The largest absolute Gasteiger partial charge is 0.453 e. The first-order valence-corrected chi connectivity index (χ1v) is 7.14. The monoisotopic (exact) mass is 305 g/mol. The van der Waals surface area contributed by atoms with Crippen LogP contribution < -0.4 is 0 Å². The zero-order chi connectivity index (χ0) is 16.4. The van der Waals surface area contributed by atoms with E-state index in [2.05, 4.69) is 4.98 Å². The summed E-state index contributed by atoms with van der Waals surface area (Å²) >= 11 is 0. The van der Waals surface area contributed by atoms with E-state index in [1.165, 1.54) is 12.1 Å². The van der Waals surface area contributed by atoms with Gasteiger partial charge in [0.15, 0.2) is 0 Å². The van der Waals surface area contributed by atoms with Crippen molar-refractivity contribution in [3.63, 3.8) is 0 Å². The Hall–Kier alpha value is -2.14. The van der Waals surface area contributed by atoms with E-state index >= 15 is 0 Å². The number of halogens is 1. The van der Waals surface area contributed by atoms with E-state index in [4.69, 9.17) is 4.74 Å². The van der Waals surface area contributed by atoms with Crippen molar-refractivity contribution >= 4 is 5.97 Å². The van der Waals surface area contributed by atoms with Crippen LogP contribution in [0.5, 0.6) is 0 Å². The summed E-state index contributed by atoms with van der Waals surface area (Å²) < 4.78 is 18.3. The number of rotatable bonds is 4. The lowest BCUT2D eigenvalue weighted by atomic mass is 10.1. The third-order valence-corrected chi connectivity index (χ3v) is 3.74. The zero-order valence-corrected chi connectivity index (χ0v) is 13.1. The summed E-state index contributed by atoms with van der Waals surface area (Å²) in [4.78, 5) is 15.3. The van der Waals surface area contributed by atoms with E-state index in [1.54, 1.807) is 39.8 Å². The van der Waals surface area contributed by atoms with Crippen molar-refractivity contribution in [1.82, 2.24) is 4.98 Å². The molecule has 0 aliphatic rings. The highest BCUT2D eigenvalue weighted by Crippen LogP contribution is 2.26. The zero-order valence-electron chi connectivity index (χ0n) is 13.1. The molecule has 0 aliphatic heterocycles. The van der Waals surface area contributed by atoms with Gasteiger partial charge in [0.1, 0.15) is 17.6 Å². The van der Waals surface area contributed by atoms with Crippen molar-refractivity contribution in [2.75, 3.05) is 0 Å². The number of H-pyrrole nitrogens is 1. The third kappa shape index (κ3) is 3.20. The van der Waals surface area contributed by atoms with Crippen LogP contribution in [0.1, 0.15) is 58.9 Å². The quantitative estimate of drug-likeness (QED) is 0.846. The summed E-state index contributed by atoms with van der Waals surface area (Å²) in [5, 5.41) is 9.76. The van der Waals surface area contributed by atoms with Crippen LogP contribution in [0.4, 0.5) is 4.39 Å². The lowest BCUT2D eigenvalue weighted by molar-refractivity contribution is 0.0330. The molecule has 0 fully saturated rings. The van der Waals surface area contributed by atoms with Crippen LogP contribution in [0.25, 0.3) is 0 Å². The van der Waals surface area contributed by atoms with Gasteiger partial charge < -0.3 is 14.8 Å². The van der Waals surface area contributed by atoms with E-state index < -0.39 is 18.2 Å². The van der Waals surface area contributed by atoms with E-state index in [9.17, 15) is 14.3 Å². The van der Waals surface area contributed by atoms with E-state index in [0.717, 1.165) is 5.69 Å². The topological polar surface area (TPSA) is 62.3 Å². The van der Waals surface area contributed by atoms with Crippen LogP contribution >= 0.6 is 0 Å². The molecule has 1 aromatic carbocycles. The van der Waals surface area contributed by atoms with Gasteiger partial charge in [0, 0.05) is 11.3 Å². The second-order valence-corrected chi connectivity index (χ2v) is 5.44. The molecule has 0 radical (unpaired) electrons. The molecule has 2 aromatic rings. The number of aliphatic hydroxyl groups excluding tert-OH is 1. The average molecular weight is 305 g/mol. The van der Waals surface area contributed by atoms with Gasteiger partial charge in [-0.3, -0.25) is 0 Å². The number of ether oxygens (including phenoxy) is 1. The normalized spacial score (nSPS) is 13.7. The van der Waals surface area contributed by atoms with Crippen LogP contribution in [0.3, 0.4) is 0 Å². The highest BCUT2D eigenvalue weighted by molar-refractivity contribution is 5.90. The molecule has 0 saturated heterocycles. The molecule has 5 heteroatoms. The molecule has 0 unspecified atom stereocenters. The van der Waals surface area contributed by atoms with E-state index in [-0.39, 0.29) is 5.82 Å².